The Morgan fingerprint density at radius 2 is 2.09 bits per heavy atom. The van der Waals surface area contributed by atoms with E-state index in [9.17, 15) is 18.7 Å². The normalized spacial score (nSPS) is 12.3. The first-order valence-electron chi connectivity index (χ1n) is 6.55. The van der Waals surface area contributed by atoms with Crippen molar-refractivity contribution in [3.05, 3.63) is 71.6 Å². The highest BCUT2D eigenvalue weighted by atomic mass is 19.1. The maximum absolute atomic E-state index is 13.4. The number of rotatable bonds is 5. The van der Waals surface area contributed by atoms with E-state index in [1.165, 1.54) is 42.6 Å². The number of pyridine rings is 1. The van der Waals surface area contributed by atoms with Gasteiger partial charge in [0, 0.05) is 24.4 Å². The van der Waals surface area contributed by atoms with E-state index in [-0.39, 0.29) is 12.1 Å². The number of aliphatic hydroxyl groups excluding tert-OH is 1. The molecule has 1 amide bonds. The molecule has 0 fully saturated rings. The molecule has 1 atom stereocenters. The molecule has 2 rings (SSSR count). The topological polar surface area (TPSA) is 62.2 Å². The zero-order valence-electron chi connectivity index (χ0n) is 11.5. The number of aromatic nitrogens is 1. The third-order valence-electron chi connectivity index (χ3n) is 2.89. The van der Waals surface area contributed by atoms with Crippen molar-refractivity contribution in [1.29, 1.82) is 0 Å². The molecule has 0 radical (unpaired) electrons. The highest BCUT2D eigenvalue weighted by Gasteiger charge is 2.12. The summed E-state index contributed by atoms with van der Waals surface area (Å²) in [6.45, 7) is -0.133. The van der Waals surface area contributed by atoms with Crippen LogP contribution < -0.4 is 5.32 Å². The van der Waals surface area contributed by atoms with Gasteiger partial charge in [-0.15, -0.1) is 0 Å². The monoisotopic (exact) mass is 304 g/mol. The van der Waals surface area contributed by atoms with E-state index in [1.54, 1.807) is 6.07 Å². The summed E-state index contributed by atoms with van der Waals surface area (Å²) in [5.41, 5.74) is 0.547. The first kappa shape index (κ1) is 15.8. The summed E-state index contributed by atoms with van der Waals surface area (Å²) in [5, 5.41) is 12.3. The molecule has 6 heteroatoms. The lowest BCUT2D eigenvalue weighted by molar-refractivity contribution is -0.116. The minimum absolute atomic E-state index is 0.112. The van der Waals surface area contributed by atoms with Gasteiger partial charge in [-0.05, 0) is 23.8 Å². The number of carbonyl (C=O) groups is 1. The third kappa shape index (κ3) is 4.46. The van der Waals surface area contributed by atoms with Gasteiger partial charge in [0.25, 0.3) is 0 Å². The predicted octanol–water partition coefficient (Wildman–Crippen LogP) is 2.22. The molecule has 1 heterocycles. The number of hydrogen-bond acceptors (Lipinski definition) is 3. The van der Waals surface area contributed by atoms with Gasteiger partial charge in [-0.25, -0.2) is 8.78 Å². The zero-order valence-corrected chi connectivity index (χ0v) is 11.5. The number of hydrogen-bond donors (Lipinski definition) is 2. The van der Waals surface area contributed by atoms with Gasteiger partial charge in [0.05, 0.1) is 12.3 Å². The Labute approximate surface area is 126 Å². The van der Waals surface area contributed by atoms with Gasteiger partial charge in [0.2, 0.25) is 5.91 Å². The van der Waals surface area contributed by atoms with Crippen molar-refractivity contribution in [3.63, 3.8) is 0 Å². The average molecular weight is 304 g/mol. The predicted molar refractivity (Wildman–Crippen MR) is 77.6 cm³/mol. The number of benzene rings is 1. The second kappa shape index (κ2) is 7.42. The number of halogens is 2. The van der Waals surface area contributed by atoms with E-state index in [1.807, 2.05) is 0 Å². The lowest BCUT2D eigenvalue weighted by atomic mass is 10.1. The number of carbonyl (C=O) groups excluding carboxylic acids is 1. The molecule has 114 valence electrons. The molecule has 0 aliphatic carbocycles. The highest BCUT2D eigenvalue weighted by molar-refractivity contribution is 5.91. The molecule has 1 unspecified atom stereocenters. The number of amides is 1. The van der Waals surface area contributed by atoms with E-state index in [0.29, 0.717) is 5.56 Å². The van der Waals surface area contributed by atoms with Crippen LogP contribution in [0.2, 0.25) is 0 Å². The summed E-state index contributed by atoms with van der Waals surface area (Å²) in [4.78, 5) is 15.3. The van der Waals surface area contributed by atoms with E-state index >= 15 is 0 Å². The van der Waals surface area contributed by atoms with Gasteiger partial charge in [0.15, 0.2) is 0 Å². The average Bonchev–Trinajstić information content (AvgIpc) is 2.51. The quantitative estimate of drug-likeness (QED) is 0.833. The van der Waals surface area contributed by atoms with Gasteiger partial charge >= 0.3 is 0 Å². The van der Waals surface area contributed by atoms with Crippen LogP contribution in [0.4, 0.5) is 8.78 Å². The Morgan fingerprint density at radius 3 is 2.82 bits per heavy atom. The number of nitrogens with one attached hydrogen (secondary N) is 1. The van der Waals surface area contributed by atoms with Crippen molar-refractivity contribution in [1.82, 2.24) is 10.3 Å². The van der Waals surface area contributed by atoms with Gasteiger partial charge in [-0.1, -0.05) is 18.2 Å². The summed E-state index contributed by atoms with van der Waals surface area (Å²) < 4.78 is 26.3. The highest BCUT2D eigenvalue weighted by Crippen LogP contribution is 2.15. The molecular weight excluding hydrogens is 290 g/mol. The van der Waals surface area contributed by atoms with E-state index in [2.05, 4.69) is 10.3 Å². The fourth-order valence-electron chi connectivity index (χ4n) is 1.80. The summed E-state index contributed by atoms with van der Waals surface area (Å²) in [6, 6.07) is 7.02. The molecule has 0 spiro atoms. The van der Waals surface area contributed by atoms with Crippen molar-refractivity contribution in [2.75, 3.05) is 6.54 Å². The lowest BCUT2D eigenvalue weighted by Crippen LogP contribution is -2.27. The minimum atomic E-state index is -1.14. The van der Waals surface area contributed by atoms with Crippen LogP contribution in [-0.4, -0.2) is 22.5 Å². The van der Waals surface area contributed by atoms with Gasteiger partial charge in [-0.2, -0.15) is 0 Å². The van der Waals surface area contributed by atoms with Gasteiger partial charge in [0.1, 0.15) is 11.6 Å². The summed E-state index contributed by atoms with van der Waals surface area (Å²) in [5.74, 6) is -1.53. The standard InChI is InChI=1S/C16H14F2N2O2/c17-12-7-11(8-19-9-12)5-6-16(22)20-10-15(21)13-3-1-2-4-14(13)18/h1-9,15,21H,10H2,(H,20,22)/b6-5+. The fraction of sp³-hybridized carbons (Fsp3) is 0.125. The van der Waals surface area contributed by atoms with Crippen molar-refractivity contribution in [2.24, 2.45) is 0 Å². The van der Waals surface area contributed by atoms with Gasteiger partial charge in [-0.3, -0.25) is 9.78 Å². The van der Waals surface area contributed by atoms with Crippen LogP contribution in [0.5, 0.6) is 0 Å². The second-order valence-electron chi connectivity index (χ2n) is 4.55. The van der Waals surface area contributed by atoms with Crippen LogP contribution in [0.15, 0.2) is 48.8 Å². The van der Waals surface area contributed by atoms with Crippen molar-refractivity contribution >= 4 is 12.0 Å². The smallest absolute Gasteiger partial charge is 0.244 e. The largest absolute Gasteiger partial charge is 0.386 e. The molecule has 2 N–H and O–H groups in total. The maximum Gasteiger partial charge on any atom is 0.244 e. The summed E-state index contributed by atoms with van der Waals surface area (Å²) >= 11 is 0. The molecule has 1 aromatic carbocycles. The molecular formula is C16H14F2N2O2. The molecule has 22 heavy (non-hydrogen) atoms. The Morgan fingerprint density at radius 1 is 1.32 bits per heavy atom. The molecule has 2 aromatic rings. The number of nitrogens with zero attached hydrogens (tertiary/aromatic N) is 1. The van der Waals surface area contributed by atoms with E-state index in [0.717, 1.165) is 6.20 Å². The maximum atomic E-state index is 13.4. The van der Waals surface area contributed by atoms with Crippen LogP contribution in [0, 0.1) is 11.6 Å². The second-order valence-corrected chi connectivity index (χ2v) is 4.55. The molecule has 0 saturated carbocycles. The summed E-state index contributed by atoms with van der Waals surface area (Å²) in [7, 11) is 0. The van der Waals surface area contributed by atoms with Crippen LogP contribution in [0.25, 0.3) is 6.08 Å². The van der Waals surface area contributed by atoms with E-state index < -0.39 is 23.6 Å². The van der Waals surface area contributed by atoms with Crippen molar-refractivity contribution in [2.45, 2.75) is 6.10 Å². The van der Waals surface area contributed by atoms with Crippen LogP contribution in [0.1, 0.15) is 17.2 Å². The van der Waals surface area contributed by atoms with E-state index in [4.69, 9.17) is 0 Å². The van der Waals surface area contributed by atoms with Crippen molar-refractivity contribution < 1.29 is 18.7 Å². The Bertz CT molecular complexity index is 689. The van der Waals surface area contributed by atoms with Crippen LogP contribution in [-0.2, 0) is 4.79 Å². The minimum Gasteiger partial charge on any atom is -0.386 e. The van der Waals surface area contributed by atoms with Crippen molar-refractivity contribution in [3.8, 4) is 0 Å². The first-order chi connectivity index (χ1) is 10.6. The first-order valence-corrected chi connectivity index (χ1v) is 6.55. The summed E-state index contributed by atoms with van der Waals surface area (Å²) in [6.07, 6.45) is 3.89. The molecule has 1 aromatic heterocycles. The Kier molecular flexibility index (Phi) is 5.32. The SMILES string of the molecule is O=C(/C=C/c1cncc(F)c1)NCC(O)c1ccccc1F. The fourth-order valence-corrected chi connectivity index (χ4v) is 1.80. The van der Waals surface area contributed by atoms with Gasteiger partial charge < -0.3 is 10.4 Å². The lowest BCUT2D eigenvalue weighted by Gasteiger charge is -2.12. The Hall–Kier alpha value is -2.60. The molecule has 0 bridgehead atoms. The van der Waals surface area contributed by atoms with Crippen LogP contribution in [0.3, 0.4) is 0 Å². The molecule has 0 aliphatic heterocycles. The molecule has 4 nitrogen and oxygen atoms in total. The van der Waals surface area contributed by atoms with Crippen LogP contribution >= 0.6 is 0 Å². The third-order valence-corrected chi connectivity index (χ3v) is 2.89. The zero-order chi connectivity index (χ0) is 15.9. The molecule has 0 saturated heterocycles. The number of aliphatic hydroxyl groups is 1. The Balaban J connectivity index is 1.89. The molecule has 0 aliphatic rings.